The molecule has 0 saturated carbocycles. The van der Waals surface area contributed by atoms with Crippen molar-refractivity contribution in [3.63, 3.8) is 0 Å². The van der Waals surface area contributed by atoms with Gasteiger partial charge in [-0.3, -0.25) is 4.79 Å². The van der Waals surface area contributed by atoms with Gasteiger partial charge in [0.05, 0.1) is 17.3 Å². The molecule has 1 fully saturated rings. The van der Waals surface area contributed by atoms with Gasteiger partial charge < -0.3 is 15.0 Å². The van der Waals surface area contributed by atoms with Crippen LogP contribution in [0.2, 0.25) is 0 Å². The fourth-order valence-corrected chi connectivity index (χ4v) is 3.03. The van der Waals surface area contributed by atoms with Gasteiger partial charge in [0, 0.05) is 19.2 Å². The standard InChI is InChI=1S/C20H24FN5O3/c1-20(2,3)29-19(28)26-9-5-6-13(11-26)18(27)25-17-10-15(22-12-23-17)14-7-4-8-16(21)24-14/h4,7-8,10,12-13H,5-6,9,11H2,1-3H3,(H,22,23,25,27). The van der Waals surface area contributed by atoms with E-state index in [2.05, 4.69) is 20.3 Å². The molecular weight excluding hydrogens is 377 g/mol. The maximum Gasteiger partial charge on any atom is 0.410 e. The molecule has 2 amide bonds. The monoisotopic (exact) mass is 401 g/mol. The number of nitrogens with one attached hydrogen (secondary N) is 1. The second kappa shape index (κ2) is 8.50. The number of ether oxygens (including phenoxy) is 1. The van der Waals surface area contributed by atoms with Gasteiger partial charge in [-0.25, -0.2) is 19.7 Å². The third-order valence-corrected chi connectivity index (χ3v) is 4.34. The molecule has 1 unspecified atom stereocenters. The van der Waals surface area contributed by atoms with Gasteiger partial charge in [0.25, 0.3) is 0 Å². The zero-order chi connectivity index (χ0) is 21.0. The maximum atomic E-state index is 13.3. The average molecular weight is 401 g/mol. The number of aromatic nitrogens is 3. The molecule has 1 atom stereocenters. The van der Waals surface area contributed by atoms with E-state index < -0.39 is 17.6 Å². The minimum atomic E-state index is -0.615. The van der Waals surface area contributed by atoms with Crippen LogP contribution in [0.4, 0.5) is 15.0 Å². The van der Waals surface area contributed by atoms with Gasteiger partial charge in [-0.1, -0.05) is 6.07 Å². The zero-order valence-electron chi connectivity index (χ0n) is 16.7. The van der Waals surface area contributed by atoms with E-state index in [1.807, 2.05) is 0 Å². The van der Waals surface area contributed by atoms with Gasteiger partial charge in [0.15, 0.2) is 0 Å². The number of hydrogen-bond donors (Lipinski definition) is 1. The summed E-state index contributed by atoms with van der Waals surface area (Å²) < 4.78 is 18.7. The number of anilines is 1. The SMILES string of the molecule is CC(C)(C)OC(=O)N1CCCC(C(=O)Nc2cc(-c3cccc(F)n3)ncn2)C1. The molecule has 154 valence electrons. The van der Waals surface area contributed by atoms with Crippen LogP contribution in [0, 0.1) is 11.9 Å². The van der Waals surface area contributed by atoms with Crippen molar-refractivity contribution >= 4 is 17.8 Å². The van der Waals surface area contributed by atoms with Crippen molar-refractivity contribution in [2.75, 3.05) is 18.4 Å². The number of pyridine rings is 1. The molecule has 2 aromatic heterocycles. The number of amides is 2. The number of rotatable bonds is 3. The van der Waals surface area contributed by atoms with Crippen molar-refractivity contribution in [3.05, 3.63) is 36.5 Å². The van der Waals surface area contributed by atoms with Crippen LogP contribution < -0.4 is 5.32 Å². The minimum Gasteiger partial charge on any atom is -0.444 e. The van der Waals surface area contributed by atoms with Crippen LogP contribution in [-0.4, -0.2) is 50.5 Å². The molecule has 3 rings (SSSR count). The highest BCUT2D eigenvalue weighted by Crippen LogP contribution is 2.22. The minimum absolute atomic E-state index is 0.241. The van der Waals surface area contributed by atoms with E-state index in [1.165, 1.54) is 24.5 Å². The van der Waals surface area contributed by atoms with Crippen molar-refractivity contribution in [2.24, 2.45) is 5.92 Å². The molecule has 1 aliphatic rings. The Morgan fingerprint density at radius 3 is 2.76 bits per heavy atom. The van der Waals surface area contributed by atoms with Crippen molar-refractivity contribution < 1.29 is 18.7 Å². The summed E-state index contributed by atoms with van der Waals surface area (Å²) in [5.74, 6) is -0.936. The van der Waals surface area contributed by atoms with Gasteiger partial charge in [-0.2, -0.15) is 4.39 Å². The molecule has 3 heterocycles. The summed E-state index contributed by atoms with van der Waals surface area (Å²) in [5.41, 5.74) is 0.152. The summed E-state index contributed by atoms with van der Waals surface area (Å²) in [5, 5.41) is 2.75. The molecular formula is C20H24FN5O3. The first-order valence-electron chi connectivity index (χ1n) is 9.45. The molecule has 0 aliphatic carbocycles. The van der Waals surface area contributed by atoms with Crippen LogP contribution in [0.1, 0.15) is 33.6 Å². The molecule has 1 saturated heterocycles. The van der Waals surface area contributed by atoms with Gasteiger partial charge in [-0.05, 0) is 45.7 Å². The third kappa shape index (κ3) is 5.69. The largest absolute Gasteiger partial charge is 0.444 e. The molecule has 8 nitrogen and oxygen atoms in total. The molecule has 1 aliphatic heterocycles. The number of halogens is 1. The van der Waals surface area contributed by atoms with Gasteiger partial charge in [0.1, 0.15) is 17.7 Å². The summed E-state index contributed by atoms with van der Waals surface area (Å²) in [6.45, 7) is 6.25. The Morgan fingerprint density at radius 2 is 2.03 bits per heavy atom. The Morgan fingerprint density at radius 1 is 1.24 bits per heavy atom. The molecule has 9 heteroatoms. The van der Waals surface area contributed by atoms with E-state index in [0.717, 1.165) is 0 Å². The number of piperidine rings is 1. The second-order valence-electron chi connectivity index (χ2n) is 7.89. The zero-order valence-corrected chi connectivity index (χ0v) is 16.7. The second-order valence-corrected chi connectivity index (χ2v) is 7.89. The Hall–Kier alpha value is -3.10. The van der Waals surface area contributed by atoms with Crippen LogP contribution in [0.3, 0.4) is 0 Å². The molecule has 2 aromatic rings. The number of carbonyl (C=O) groups excluding carboxylic acids is 2. The first kappa shape index (κ1) is 20.6. The molecule has 29 heavy (non-hydrogen) atoms. The van der Waals surface area contributed by atoms with E-state index in [4.69, 9.17) is 4.74 Å². The number of hydrogen-bond acceptors (Lipinski definition) is 6. The Labute approximate surface area is 168 Å². The van der Waals surface area contributed by atoms with E-state index >= 15 is 0 Å². The molecule has 0 radical (unpaired) electrons. The third-order valence-electron chi connectivity index (χ3n) is 4.34. The van der Waals surface area contributed by atoms with Crippen LogP contribution >= 0.6 is 0 Å². The lowest BCUT2D eigenvalue weighted by Gasteiger charge is -2.33. The maximum absolute atomic E-state index is 13.3. The van der Waals surface area contributed by atoms with Crippen molar-refractivity contribution in [3.8, 4) is 11.4 Å². The van der Waals surface area contributed by atoms with Gasteiger partial charge in [0.2, 0.25) is 11.9 Å². The molecule has 0 spiro atoms. The highest BCUT2D eigenvalue weighted by Gasteiger charge is 2.31. The van der Waals surface area contributed by atoms with Crippen LogP contribution in [0.15, 0.2) is 30.6 Å². The van der Waals surface area contributed by atoms with Crippen molar-refractivity contribution in [1.29, 1.82) is 0 Å². The van der Waals surface area contributed by atoms with Gasteiger partial charge in [-0.15, -0.1) is 0 Å². The summed E-state index contributed by atoms with van der Waals surface area (Å²) in [7, 11) is 0. The molecule has 0 aromatic carbocycles. The fourth-order valence-electron chi connectivity index (χ4n) is 3.03. The van der Waals surface area contributed by atoms with E-state index in [-0.39, 0.29) is 18.4 Å². The molecule has 0 bridgehead atoms. The van der Waals surface area contributed by atoms with Gasteiger partial charge >= 0.3 is 6.09 Å². The predicted octanol–water partition coefficient (Wildman–Crippen LogP) is 3.26. The highest BCUT2D eigenvalue weighted by molar-refractivity contribution is 5.92. The normalized spacial score (nSPS) is 17.0. The van der Waals surface area contributed by atoms with E-state index in [9.17, 15) is 14.0 Å². The Bertz CT molecular complexity index is 900. The lowest BCUT2D eigenvalue weighted by Crippen LogP contribution is -2.45. The Balaban J connectivity index is 1.65. The highest BCUT2D eigenvalue weighted by atomic mass is 19.1. The summed E-state index contributed by atoms with van der Waals surface area (Å²) in [6.07, 6.45) is 2.23. The van der Waals surface area contributed by atoms with Crippen molar-refractivity contribution in [1.82, 2.24) is 19.9 Å². The first-order valence-corrected chi connectivity index (χ1v) is 9.45. The topological polar surface area (TPSA) is 97.3 Å². The average Bonchev–Trinajstić information content (AvgIpc) is 2.67. The lowest BCUT2D eigenvalue weighted by atomic mass is 9.97. The number of likely N-dealkylation sites (tertiary alicyclic amines) is 1. The predicted molar refractivity (Wildman–Crippen MR) is 104 cm³/mol. The van der Waals surface area contributed by atoms with E-state index in [0.29, 0.717) is 36.6 Å². The Kier molecular flexibility index (Phi) is 6.05. The lowest BCUT2D eigenvalue weighted by molar-refractivity contribution is -0.121. The smallest absolute Gasteiger partial charge is 0.410 e. The van der Waals surface area contributed by atoms with Crippen LogP contribution in [0.5, 0.6) is 0 Å². The van der Waals surface area contributed by atoms with Crippen molar-refractivity contribution in [2.45, 2.75) is 39.2 Å². The van der Waals surface area contributed by atoms with Crippen LogP contribution in [0.25, 0.3) is 11.4 Å². The number of carbonyl (C=O) groups is 2. The first-order chi connectivity index (χ1) is 13.7. The summed E-state index contributed by atoms with van der Waals surface area (Å²) in [4.78, 5) is 38.5. The quantitative estimate of drug-likeness (QED) is 0.793. The van der Waals surface area contributed by atoms with Crippen LogP contribution in [-0.2, 0) is 9.53 Å². The van der Waals surface area contributed by atoms with E-state index in [1.54, 1.807) is 31.7 Å². The number of nitrogens with zero attached hydrogens (tertiary/aromatic N) is 4. The summed E-state index contributed by atoms with van der Waals surface area (Å²) >= 11 is 0. The summed E-state index contributed by atoms with van der Waals surface area (Å²) in [6, 6.07) is 5.93. The fraction of sp³-hybridized carbons (Fsp3) is 0.450. The molecule has 1 N–H and O–H groups in total.